The van der Waals surface area contributed by atoms with Crippen molar-refractivity contribution < 1.29 is 9.53 Å². The molecule has 1 aromatic rings. The van der Waals surface area contributed by atoms with Crippen molar-refractivity contribution in [2.45, 2.75) is 6.42 Å². The molecule has 1 aromatic heterocycles. The number of thioether (sulfide) groups is 1. The van der Waals surface area contributed by atoms with Gasteiger partial charge in [0.15, 0.2) is 0 Å². The van der Waals surface area contributed by atoms with E-state index in [2.05, 4.69) is 21.3 Å². The van der Waals surface area contributed by atoms with E-state index in [0.29, 0.717) is 11.4 Å². The van der Waals surface area contributed by atoms with Gasteiger partial charge in [-0.25, -0.2) is 9.78 Å². The largest absolute Gasteiger partial charge is 0.465 e. The minimum atomic E-state index is -0.361. The summed E-state index contributed by atoms with van der Waals surface area (Å²) < 4.78 is 4.68. The number of carbonyl (C=O) groups excluding carboxylic acids is 1. The lowest BCUT2D eigenvalue weighted by Crippen LogP contribution is -2.11. The molecule has 4 nitrogen and oxygen atoms in total. The van der Waals surface area contributed by atoms with Gasteiger partial charge in [-0.15, -0.1) is 0 Å². The molecule has 0 aromatic carbocycles. The van der Waals surface area contributed by atoms with Crippen LogP contribution < -0.4 is 5.32 Å². The van der Waals surface area contributed by atoms with Crippen LogP contribution in [0.5, 0.6) is 0 Å². The highest BCUT2D eigenvalue weighted by Gasteiger charge is 2.11. The molecule has 16 heavy (non-hydrogen) atoms. The summed E-state index contributed by atoms with van der Waals surface area (Å²) in [6.45, 7) is 0.807. The zero-order valence-corrected chi connectivity index (χ0v) is 10.3. The van der Waals surface area contributed by atoms with Crippen LogP contribution in [0.4, 0.5) is 5.82 Å². The zero-order chi connectivity index (χ0) is 11.8. The number of anilines is 1. The molecule has 1 rings (SSSR count). The second-order valence-electron chi connectivity index (χ2n) is 3.16. The highest BCUT2D eigenvalue weighted by Crippen LogP contribution is 2.12. The molecule has 0 saturated carbocycles. The van der Waals surface area contributed by atoms with Gasteiger partial charge in [0.1, 0.15) is 11.4 Å². The Morgan fingerprint density at radius 3 is 3.12 bits per heavy atom. The van der Waals surface area contributed by atoms with E-state index in [0.717, 1.165) is 18.7 Å². The van der Waals surface area contributed by atoms with Crippen LogP contribution in [0.15, 0.2) is 18.3 Å². The van der Waals surface area contributed by atoms with Crippen LogP contribution in [-0.2, 0) is 4.74 Å². The van der Waals surface area contributed by atoms with Gasteiger partial charge < -0.3 is 10.1 Å². The quantitative estimate of drug-likeness (QED) is 0.609. The Bertz CT molecular complexity index is 345. The Morgan fingerprint density at radius 1 is 1.62 bits per heavy atom. The van der Waals surface area contributed by atoms with Crippen LogP contribution in [0.1, 0.15) is 16.8 Å². The lowest BCUT2D eigenvalue weighted by molar-refractivity contribution is 0.0601. The summed E-state index contributed by atoms with van der Waals surface area (Å²) in [4.78, 5) is 15.5. The maximum atomic E-state index is 11.4. The topological polar surface area (TPSA) is 51.2 Å². The van der Waals surface area contributed by atoms with Crippen LogP contribution >= 0.6 is 11.8 Å². The highest BCUT2D eigenvalue weighted by atomic mass is 32.2. The SMILES string of the molecule is COC(=O)c1cccnc1NCCCSC. The maximum absolute atomic E-state index is 11.4. The minimum Gasteiger partial charge on any atom is -0.465 e. The smallest absolute Gasteiger partial charge is 0.341 e. The Hall–Kier alpha value is -1.23. The van der Waals surface area contributed by atoms with Gasteiger partial charge in [-0.05, 0) is 30.6 Å². The number of nitrogens with zero attached hydrogens (tertiary/aromatic N) is 1. The molecule has 0 aliphatic rings. The van der Waals surface area contributed by atoms with Gasteiger partial charge in [-0.3, -0.25) is 0 Å². The van der Waals surface area contributed by atoms with Gasteiger partial charge in [0.25, 0.3) is 0 Å². The van der Waals surface area contributed by atoms with E-state index in [-0.39, 0.29) is 5.97 Å². The first-order valence-electron chi connectivity index (χ1n) is 5.05. The van der Waals surface area contributed by atoms with Crippen LogP contribution in [0.3, 0.4) is 0 Å². The molecular formula is C11H16N2O2S. The predicted molar refractivity (Wildman–Crippen MR) is 67.1 cm³/mol. The van der Waals surface area contributed by atoms with Crippen LogP contribution in [-0.4, -0.2) is 36.6 Å². The number of aromatic nitrogens is 1. The van der Waals surface area contributed by atoms with Gasteiger partial charge in [0, 0.05) is 12.7 Å². The van der Waals surface area contributed by atoms with Crippen molar-refractivity contribution in [1.82, 2.24) is 4.98 Å². The average Bonchev–Trinajstić information content (AvgIpc) is 2.34. The second-order valence-corrected chi connectivity index (χ2v) is 4.15. The summed E-state index contributed by atoms with van der Waals surface area (Å²) in [7, 11) is 1.37. The van der Waals surface area contributed by atoms with Gasteiger partial charge in [-0.2, -0.15) is 11.8 Å². The summed E-state index contributed by atoms with van der Waals surface area (Å²) in [6.07, 6.45) is 4.77. The standard InChI is InChI=1S/C11H16N2O2S/c1-15-11(14)9-5-3-6-12-10(9)13-7-4-8-16-2/h3,5-6H,4,7-8H2,1-2H3,(H,12,13). The van der Waals surface area contributed by atoms with E-state index in [1.54, 1.807) is 30.1 Å². The molecule has 0 saturated heterocycles. The normalized spacial score (nSPS) is 9.88. The fourth-order valence-electron chi connectivity index (χ4n) is 1.24. The van der Waals surface area contributed by atoms with Gasteiger partial charge in [0.05, 0.1) is 7.11 Å². The number of carbonyl (C=O) groups is 1. The third-order valence-corrected chi connectivity index (χ3v) is 2.73. The molecule has 0 aliphatic heterocycles. The number of hydrogen-bond acceptors (Lipinski definition) is 5. The first kappa shape index (κ1) is 12.8. The molecule has 0 atom stereocenters. The monoisotopic (exact) mass is 240 g/mol. The van der Waals surface area contributed by atoms with Gasteiger partial charge in [-0.1, -0.05) is 0 Å². The molecule has 0 radical (unpaired) electrons. The summed E-state index contributed by atoms with van der Waals surface area (Å²) in [5.74, 6) is 1.32. The maximum Gasteiger partial charge on any atom is 0.341 e. The molecule has 0 fully saturated rings. The Kier molecular flexibility index (Phi) is 5.71. The van der Waals surface area contributed by atoms with E-state index >= 15 is 0 Å². The molecular weight excluding hydrogens is 224 g/mol. The number of rotatable bonds is 6. The van der Waals surface area contributed by atoms with E-state index in [1.165, 1.54) is 7.11 Å². The zero-order valence-electron chi connectivity index (χ0n) is 9.53. The summed E-state index contributed by atoms with van der Waals surface area (Å²) in [5.41, 5.74) is 0.481. The molecule has 88 valence electrons. The highest BCUT2D eigenvalue weighted by molar-refractivity contribution is 7.98. The first-order valence-corrected chi connectivity index (χ1v) is 6.45. The Morgan fingerprint density at radius 2 is 2.44 bits per heavy atom. The number of pyridine rings is 1. The molecule has 1 N–H and O–H groups in total. The number of methoxy groups -OCH3 is 1. The average molecular weight is 240 g/mol. The minimum absolute atomic E-state index is 0.361. The third-order valence-electron chi connectivity index (χ3n) is 2.03. The number of esters is 1. The molecule has 0 amide bonds. The van der Waals surface area contributed by atoms with Crippen LogP contribution in [0.2, 0.25) is 0 Å². The van der Waals surface area contributed by atoms with E-state index in [9.17, 15) is 4.79 Å². The number of hydrogen-bond donors (Lipinski definition) is 1. The number of ether oxygens (including phenoxy) is 1. The molecule has 0 bridgehead atoms. The van der Waals surface area contributed by atoms with Crippen LogP contribution in [0.25, 0.3) is 0 Å². The Balaban J connectivity index is 2.60. The fourth-order valence-corrected chi connectivity index (χ4v) is 1.68. The second kappa shape index (κ2) is 7.11. The van der Waals surface area contributed by atoms with Crippen LogP contribution in [0, 0.1) is 0 Å². The summed E-state index contributed by atoms with van der Waals surface area (Å²) in [6, 6.07) is 3.43. The molecule has 1 heterocycles. The van der Waals surface area contributed by atoms with Gasteiger partial charge in [0.2, 0.25) is 0 Å². The van der Waals surface area contributed by atoms with Crippen molar-refractivity contribution in [3.8, 4) is 0 Å². The predicted octanol–water partition coefficient (Wildman–Crippen LogP) is 2.03. The van der Waals surface area contributed by atoms with Crippen molar-refractivity contribution in [3.63, 3.8) is 0 Å². The molecule has 5 heteroatoms. The fraction of sp³-hybridized carbons (Fsp3) is 0.455. The first-order chi connectivity index (χ1) is 7.79. The van der Waals surface area contributed by atoms with Crippen molar-refractivity contribution in [1.29, 1.82) is 0 Å². The van der Waals surface area contributed by atoms with E-state index < -0.39 is 0 Å². The molecule has 0 aliphatic carbocycles. The Labute approximate surface area is 99.8 Å². The van der Waals surface area contributed by atoms with Crippen molar-refractivity contribution >= 4 is 23.5 Å². The molecule has 0 unspecified atom stereocenters. The molecule has 0 spiro atoms. The summed E-state index contributed by atoms with van der Waals surface area (Å²) >= 11 is 1.80. The third kappa shape index (κ3) is 3.73. The summed E-state index contributed by atoms with van der Waals surface area (Å²) in [5, 5.41) is 3.14. The lowest BCUT2D eigenvalue weighted by atomic mass is 10.2. The lowest BCUT2D eigenvalue weighted by Gasteiger charge is -2.08. The van der Waals surface area contributed by atoms with Crippen molar-refractivity contribution in [2.75, 3.05) is 31.0 Å². The number of nitrogens with one attached hydrogen (secondary N) is 1. The van der Waals surface area contributed by atoms with E-state index in [1.807, 2.05) is 0 Å². The van der Waals surface area contributed by atoms with Gasteiger partial charge >= 0.3 is 5.97 Å². The van der Waals surface area contributed by atoms with Crippen molar-refractivity contribution in [2.24, 2.45) is 0 Å². The van der Waals surface area contributed by atoms with E-state index in [4.69, 9.17) is 0 Å². The van der Waals surface area contributed by atoms with Crippen molar-refractivity contribution in [3.05, 3.63) is 23.9 Å².